The van der Waals surface area contributed by atoms with Crippen molar-refractivity contribution < 1.29 is 9.66 Å². The molecule has 0 radical (unpaired) electrons. The van der Waals surface area contributed by atoms with E-state index in [0.717, 1.165) is 47.1 Å². The molecule has 3 aromatic carbocycles. The zero-order chi connectivity index (χ0) is 25.8. The number of benzene rings is 3. The fraction of sp³-hybridized carbons (Fsp3) is 0.250. The van der Waals surface area contributed by atoms with Gasteiger partial charge in [-0.25, -0.2) is 4.98 Å². The van der Waals surface area contributed by atoms with Gasteiger partial charge in [0, 0.05) is 18.1 Å². The SMILES string of the molecule is O=c1c2ccccc2nc(C2CCCCC2)n1N=Cc1ccc(OCc2ccc([N+](=O)[O-])cc2)c(Br)c1. The molecule has 1 fully saturated rings. The second-order valence-corrected chi connectivity index (χ2v) is 9.94. The van der Waals surface area contributed by atoms with E-state index in [9.17, 15) is 14.9 Å². The van der Waals surface area contributed by atoms with Crippen LogP contribution in [0.25, 0.3) is 10.9 Å². The number of nitro benzene ring substituents is 1. The predicted octanol–water partition coefficient (Wildman–Crippen LogP) is 6.58. The maximum atomic E-state index is 13.4. The molecule has 0 spiro atoms. The number of rotatable bonds is 7. The molecule has 37 heavy (non-hydrogen) atoms. The number of nitrogens with zero attached hydrogens (tertiary/aromatic N) is 4. The minimum absolute atomic E-state index is 0.0425. The molecular formula is C28H25BrN4O4. The third kappa shape index (κ3) is 5.61. The Bertz CT molecular complexity index is 1530. The van der Waals surface area contributed by atoms with Crippen LogP contribution in [0.4, 0.5) is 5.69 Å². The second kappa shape index (κ2) is 11.0. The van der Waals surface area contributed by atoms with Crippen molar-refractivity contribution in [3.8, 4) is 5.75 Å². The van der Waals surface area contributed by atoms with Crippen LogP contribution in [0, 0.1) is 10.1 Å². The van der Waals surface area contributed by atoms with E-state index in [-0.39, 0.29) is 23.8 Å². The largest absolute Gasteiger partial charge is 0.488 e. The van der Waals surface area contributed by atoms with E-state index < -0.39 is 4.92 Å². The standard InChI is InChI=1S/C28H25BrN4O4/c29-24-16-20(12-15-26(24)37-18-19-10-13-22(14-11-19)33(35)36)17-30-32-27(21-6-2-1-3-7-21)31-25-9-5-4-8-23(25)28(32)34/h4-5,8-17,21H,1-3,6-7,18H2. The van der Waals surface area contributed by atoms with Gasteiger partial charge in [0.05, 0.1) is 26.5 Å². The molecule has 0 unspecified atom stereocenters. The third-order valence-electron chi connectivity index (χ3n) is 6.57. The van der Waals surface area contributed by atoms with Gasteiger partial charge in [0.25, 0.3) is 11.2 Å². The summed E-state index contributed by atoms with van der Waals surface area (Å²) in [5.74, 6) is 1.56. The topological polar surface area (TPSA) is 99.6 Å². The number of nitro groups is 1. The van der Waals surface area contributed by atoms with Crippen molar-refractivity contribution in [3.63, 3.8) is 0 Å². The lowest BCUT2D eigenvalue weighted by Gasteiger charge is -2.22. The van der Waals surface area contributed by atoms with Gasteiger partial charge in [-0.05, 0) is 82.4 Å². The first-order valence-electron chi connectivity index (χ1n) is 12.2. The average Bonchev–Trinajstić information content (AvgIpc) is 2.92. The number of fused-ring (bicyclic) bond motifs is 1. The highest BCUT2D eigenvalue weighted by Crippen LogP contribution is 2.32. The van der Waals surface area contributed by atoms with E-state index in [2.05, 4.69) is 21.0 Å². The summed E-state index contributed by atoms with van der Waals surface area (Å²) in [5.41, 5.74) is 2.20. The Morgan fingerprint density at radius 1 is 1.08 bits per heavy atom. The molecule has 0 saturated heterocycles. The highest BCUT2D eigenvalue weighted by molar-refractivity contribution is 9.10. The van der Waals surface area contributed by atoms with Crippen LogP contribution >= 0.6 is 15.9 Å². The number of aromatic nitrogens is 2. The molecule has 4 aromatic rings. The van der Waals surface area contributed by atoms with Gasteiger partial charge in [0.15, 0.2) is 0 Å². The fourth-order valence-corrected chi connectivity index (χ4v) is 5.10. The van der Waals surface area contributed by atoms with Crippen molar-refractivity contribution in [1.29, 1.82) is 0 Å². The zero-order valence-corrected chi connectivity index (χ0v) is 21.6. The lowest BCUT2D eigenvalue weighted by atomic mass is 9.88. The number of halogens is 1. The van der Waals surface area contributed by atoms with E-state index in [0.29, 0.717) is 16.7 Å². The lowest BCUT2D eigenvalue weighted by molar-refractivity contribution is -0.384. The van der Waals surface area contributed by atoms with Crippen molar-refractivity contribution in [2.75, 3.05) is 0 Å². The fourth-order valence-electron chi connectivity index (χ4n) is 4.59. The number of ether oxygens (including phenoxy) is 1. The summed E-state index contributed by atoms with van der Waals surface area (Å²) in [5, 5.41) is 16.0. The molecule has 188 valence electrons. The quantitative estimate of drug-likeness (QED) is 0.144. The van der Waals surface area contributed by atoms with E-state index in [1.54, 1.807) is 24.4 Å². The molecule has 1 aliphatic carbocycles. The zero-order valence-electron chi connectivity index (χ0n) is 20.0. The van der Waals surface area contributed by atoms with Gasteiger partial charge in [-0.3, -0.25) is 14.9 Å². The van der Waals surface area contributed by atoms with Gasteiger partial charge in [-0.15, -0.1) is 0 Å². The van der Waals surface area contributed by atoms with E-state index >= 15 is 0 Å². The Hall–Kier alpha value is -3.85. The van der Waals surface area contributed by atoms with Crippen molar-refractivity contribution in [1.82, 2.24) is 9.66 Å². The maximum absolute atomic E-state index is 13.4. The first-order chi connectivity index (χ1) is 18.0. The third-order valence-corrected chi connectivity index (χ3v) is 7.19. The molecule has 0 aliphatic heterocycles. The summed E-state index contributed by atoms with van der Waals surface area (Å²) >= 11 is 3.54. The van der Waals surface area contributed by atoms with E-state index in [1.165, 1.54) is 23.2 Å². The highest BCUT2D eigenvalue weighted by atomic mass is 79.9. The van der Waals surface area contributed by atoms with Gasteiger partial charge in [0.2, 0.25) is 0 Å². The normalized spacial score (nSPS) is 14.3. The van der Waals surface area contributed by atoms with Crippen molar-refractivity contribution in [2.45, 2.75) is 44.6 Å². The molecule has 8 nitrogen and oxygen atoms in total. The molecule has 0 N–H and O–H groups in total. The van der Waals surface area contributed by atoms with Crippen LogP contribution in [0.5, 0.6) is 5.75 Å². The van der Waals surface area contributed by atoms with Crippen molar-refractivity contribution >= 4 is 38.7 Å². The lowest BCUT2D eigenvalue weighted by Crippen LogP contribution is -2.25. The van der Waals surface area contributed by atoms with Crippen molar-refractivity contribution in [3.05, 3.63) is 109 Å². The monoisotopic (exact) mass is 560 g/mol. The summed E-state index contributed by atoms with van der Waals surface area (Å²) in [4.78, 5) is 28.6. The smallest absolute Gasteiger partial charge is 0.282 e. The summed E-state index contributed by atoms with van der Waals surface area (Å²) in [6, 6.07) is 19.2. The summed E-state index contributed by atoms with van der Waals surface area (Å²) in [6.07, 6.45) is 7.15. The molecular weight excluding hydrogens is 536 g/mol. The van der Waals surface area contributed by atoms with Crippen LogP contribution in [0.15, 0.2) is 81.1 Å². The minimum Gasteiger partial charge on any atom is -0.488 e. The van der Waals surface area contributed by atoms with Crippen LogP contribution in [-0.4, -0.2) is 20.8 Å². The summed E-state index contributed by atoms with van der Waals surface area (Å²) in [7, 11) is 0. The van der Waals surface area contributed by atoms with Crippen LogP contribution in [-0.2, 0) is 6.61 Å². The van der Waals surface area contributed by atoms with Gasteiger partial charge in [-0.1, -0.05) is 31.4 Å². The predicted molar refractivity (Wildman–Crippen MR) is 146 cm³/mol. The molecule has 9 heteroatoms. The maximum Gasteiger partial charge on any atom is 0.282 e. The Balaban J connectivity index is 1.38. The van der Waals surface area contributed by atoms with Crippen LogP contribution in [0.2, 0.25) is 0 Å². The van der Waals surface area contributed by atoms with Crippen LogP contribution in [0.1, 0.15) is 55.0 Å². The Kier molecular flexibility index (Phi) is 7.41. The molecule has 1 heterocycles. The van der Waals surface area contributed by atoms with Gasteiger partial charge < -0.3 is 4.74 Å². The first-order valence-corrected chi connectivity index (χ1v) is 13.0. The Morgan fingerprint density at radius 2 is 1.84 bits per heavy atom. The Labute approximate surface area is 221 Å². The number of hydrogen-bond donors (Lipinski definition) is 0. The number of hydrogen-bond acceptors (Lipinski definition) is 6. The number of para-hydroxylation sites is 1. The van der Waals surface area contributed by atoms with Gasteiger partial charge in [-0.2, -0.15) is 9.78 Å². The summed E-state index contributed by atoms with van der Waals surface area (Å²) < 4.78 is 8.08. The van der Waals surface area contributed by atoms with E-state index in [4.69, 9.17) is 9.72 Å². The van der Waals surface area contributed by atoms with Crippen LogP contribution < -0.4 is 10.3 Å². The number of non-ortho nitro benzene ring substituents is 1. The summed E-state index contributed by atoms with van der Waals surface area (Å²) in [6.45, 7) is 0.271. The minimum atomic E-state index is -0.429. The molecule has 1 aliphatic rings. The molecule has 5 rings (SSSR count). The average molecular weight is 561 g/mol. The molecule has 0 atom stereocenters. The second-order valence-electron chi connectivity index (χ2n) is 9.09. The first kappa shape index (κ1) is 24.8. The Morgan fingerprint density at radius 3 is 2.57 bits per heavy atom. The molecule has 1 aromatic heterocycles. The molecule has 1 saturated carbocycles. The van der Waals surface area contributed by atoms with Crippen LogP contribution in [0.3, 0.4) is 0 Å². The highest BCUT2D eigenvalue weighted by Gasteiger charge is 2.22. The van der Waals surface area contributed by atoms with Gasteiger partial charge >= 0.3 is 0 Å². The van der Waals surface area contributed by atoms with Crippen molar-refractivity contribution in [2.24, 2.45) is 5.10 Å². The van der Waals surface area contributed by atoms with E-state index in [1.807, 2.05) is 36.4 Å². The molecule has 0 amide bonds. The molecule has 0 bridgehead atoms. The van der Waals surface area contributed by atoms with Gasteiger partial charge in [0.1, 0.15) is 18.2 Å².